The van der Waals surface area contributed by atoms with Gasteiger partial charge < -0.3 is 4.74 Å². The monoisotopic (exact) mass is 232 g/mol. The Kier molecular flexibility index (Phi) is 3.06. The zero-order valence-corrected chi connectivity index (χ0v) is 10.0. The molecule has 0 aliphatic heterocycles. The van der Waals surface area contributed by atoms with Crippen molar-refractivity contribution in [2.24, 2.45) is 0 Å². The van der Waals surface area contributed by atoms with Crippen molar-refractivity contribution in [1.82, 2.24) is 0 Å². The molecule has 16 heavy (non-hydrogen) atoms. The topological polar surface area (TPSA) is 26.3 Å². The second kappa shape index (κ2) is 4.49. The van der Waals surface area contributed by atoms with Gasteiger partial charge in [-0.25, -0.2) is 0 Å². The van der Waals surface area contributed by atoms with E-state index < -0.39 is 0 Å². The molecule has 0 saturated carbocycles. The van der Waals surface area contributed by atoms with E-state index in [2.05, 4.69) is 6.07 Å². The number of rotatable bonds is 3. The van der Waals surface area contributed by atoms with E-state index in [1.807, 2.05) is 31.4 Å². The smallest absolute Gasteiger partial charge is 0.160 e. The number of hydrogen-bond donors (Lipinski definition) is 0. The van der Waals surface area contributed by atoms with Gasteiger partial charge in [0.2, 0.25) is 0 Å². The molecule has 0 aliphatic carbocycles. The molecule has 0 bridgehead atoms. The van der Waals surface area contributed by atoms with E-state index in [-0.39, 0.29) is 0 Å². The van der Waals surface area contributed by atoms with Gasteiger partial charge in [0.15, 0.2) is 6.29 Å². The van der Waals surface area contributed by atoms with Crippen molar-refractivity contribution in [2.45, 2.75) is 13.8 Å². The predicted molar refractivity (Wildman–Crippen MR) is 65.7 cm³/mol. The highest BCUT2D eigenvalue weighted by Crippen LogP contribution is 2.28. The molecule has 0 atom stereocenters. The summed E-state index contributed by atoms with van der Waals surface area (Å²) >= 11 is 1.38. The van der Waals surface area contributed by atoms with Crippen molar-refractivity contribution in [3.63, 3.8) is 0 Å². The summed E-state index contributed by atoms with van der Waals surface area (Å²) in [5.41, 5.74) is 2.31. The highest BCUT2D eigenvalue weighted by molar-refractivity contribution is 7.11. The lowest BCUT2D eigenvalue weighted by molar-refractivity contribution is 0.112. The standard InChI is InChI=1S/C13H12O2S/c1-9-3-4-13(10(2)5-9)15-11-6-12(7-14)16-8-11/h3-8H,1-2H3. The molecule has 1 heterocycles. The molecule has 0 fully saturated rings. The molecule has 2 rings (SSSR count). The summed E-state index contributed by atoms with van der Waals surface area (Å²) in [6.07, 6.45) is 0.833. The Balaban J connectivity index is 2.23. The van der Waals surface area contributed by atoms with Gasteiger partial charge in [-0.05, 0) is 25.5 Å². The Bertz CT molecular complexity index is 514. The first-order chi connectivity index (χ1) is 7.69. The lowest BCUT2D eigenvalue weighted by Gasteiger charge is -2.07. The third-order valence-electron chi connectivity index (χ3n) is 2.27. The normalized spacial score (nSPS) is 10.1. The molecule has 0 radical (unpaired) electrons. The summed E-state index contributed by atoms with van der Waals surface area (Å²) in [6.45, 7) is 4.06. The summed E-state index contributed by atoms with van der Waals surface area (Å²) in [7, 11) is 0. The molecule has 0 unspecified atom stereocenters. The van der Waals surface area contributed by atoms with E-state index >= 15 is 0 Å². The van der Waals surface area contributed by atoms with Crippen LogP contribution >= 0.6 is 11.3 Å². The SMILES string of the molecule is Cc1ccc(Oc2csc(C=O)c2)c(C)c1. The fraction of sp³-hybridized carbons (Fsp3) is 0.154. The zero-order valence-electron chi connectivity index (χ0n) is 9.19. The maximum Gasteiger partial charge on any atom is 0.160 e. The van der Waals surface area contributed by atoms with E-state index in [1.54, 1.807) is 6.07 Å². The average Bonchev–Trinajstić information content (AvgIpc) is 2.70. The molecule has 1 aromatic carbocycles. The minimum Gasteiger partial charge on any atom is -0.456 e. The van der Waals surface area contributed by atoms with Crippen molar-refractivity contribution < 1.29 is 9.53 Å². The second-order valence-corrected chi connectivity index (χ2v) is 4.62. The number of benzene rings is 1. The van der Waals surface area contributed by atoms with Gasteiger partial charge in [-0.15, -0.1) is 11.3 Å². The van der Waals surface area contributed by atoms with E-state index in [0.717, 1.165) is 23.3 Å². The molecule has 0 spiro atoms. The van der Waals surface area contributed by atoms with Crippen LogP contribution in [0.25, 0.3) is 0 Å². The van der Waals surface area contributed by atoms with Gasteiger partial charge in [-0.2, -0.15) is 0 Å². The van der Waals surface area contributed by atoms with E-state index in [0.29, 0.717) is 4.88 Å². The molecule has 2 aromatic rings. The number of ether oxygens (including phenoxy) is 1. The van der Waals surface area contributed by atoms with Crippen LogP contribution in [0.2, 0.25) is 0 Å². The van der Waals surface area contributed by atoms with Crippen molar-refractivity contribution >= 4 is 17.6 Å². The zero-order chi connectivity index (χ0) is 11.5. The number of hydrogen-bond acceptors (Lipinski definition) is 3. The molecule has 1 aromatic heterocycles. The maximum absolute atomic E-state index is 10.5. The van der Waals surface area contributed by atoms with Crippen molar-refractivity contribution in [1.29, 1.82) is 0 Å². The van der Waals surface area contributed by atoms with Crippen LogP contribution in [0.1, 0.15) is 20.8 Å². The quantitative estimate of drug-likeness (QED) is 0.748. The molecule has 2 nitrogen and oxygen atoms in total. The average molecular weight is 232 g/mol. The van der Waals surface area contributed by atoms with Crippen LogP contribution < -0.4 is 4.74 Å². The lowest BCUT2D eigenvalue weighted by atomic mass is 10.1. The van der Waals surface area contributed by atoms with Crippen molar-refractivity contribution in [3.8, 4) is 11.5 Å². The number of aldehydes is 1. The summed E-state index contributed by atoms with van der Waals surface area (Å²) in [5.74, 6) is 1.56. The Morgan fingerprint density at radius 2 is 2.06 bits per heavy atom. The van der Waals surface area contributed by atoms with Crippen LogP contribution in [0.15, 0.2) is 29.6 Å². The first-order valence-electron chi connectivity index (χ1n) is 4.98. The minimum atomic E-state index is 0.680. The first kappa shape index (κ1) is 10.9. The van der Waals surface area contributed by atoms with Gasteiger partial charge in [0, 0.05) is 11.4 Å². The number of aryl methyl sites for hydroxylation is 2. The van der Waals surface area contributed by atoms with Gasteiger partial charge in [0.1, 0.15) is 11.5 Å². The number of carbonyl (C=O) groups is 1. The minimum absolute atomic E-state index is 0.680. The summed E-state index contributed by atoms with van der Waals surface area (Å²) in [6, 6.07) is 7.78. The van der Waals surface area contributed by atoms with Gasteiger partial charge in [-0.3, -0.25) is 4.79 Å². The van der Waals surface area contributed by atoms with E-state index in [9.17, 15) is 4.79 Å². The first-order valence-corrected chi connectivity index (χ1v) is 5.86. The lowest BCUT2D eigenvalue weighted by Crippen LogP contribution is -1.86. The predicted octanol–water partition coefficient (Wildman–Crippen LogP) is 3.97. The van der Waals surface area contributed by atoms with E-state index in [1.165, 1.54) is 16.9 Å². The van der Waals surface area contributed by atoms with Gasteiger partial charge in [0.25, 0.3) is 0 Å². The molecule has 0 aliphatic rings. The van der Waals surface area contributed by atoms with Crippen LogP contribution in [0.5, 0.6) is 11.5 Å². The van der Waals surface area contributed by atoms with Gasteiger partial charge >= 0.3 is 0 Å². The summed E-state index contributed by atoms with van der Waals surface area (Å²) in [5, 5.41) is 1.84. The van der Waals surface area contributed by atoms with Crippen LogP contribution in [-0.2, 0) is 0 Å². The molecule has 0 saturated heterocycles. The molecular formula is C13H12O2S. The Labute approximate surface area is 98.5 Å². The van der Waals surface area contributed by atoms with Crippen molar-refractivity contribution in [3.05, 3.63) is 45.6 Å². The van der Waals surface area contributed by atoms with E-state index in [4.69, 9.17) is 4.74 Å². The Morgan fingerprint density at radius 1 is 1.25 bits per heavy atom. The highest BCUT2D eigenvalue weighted by Gasteiger charge is 2.04. The van der Waals surface area contributed by atoms with Crippen LogP contribution in [0, 0.1) is 13.8 Å². The van der Waals surface area contributed by atoms with Crippen LogP contribution in [-0.4, -0.2) is 6.29 Å². The molecule has 0 amide bonds. The van der Waals surface area contributed by atoms with Gasteiger partial charge in [0.05, 0.1) is 4.88 Å². The third kappa shape index (κ3) is 2.31. The maximum atomic E-state index is 10.5. The summed E-state index contributed by atoms with van der Waals surface area (Å²) in [4.78, 5) is 11.2. The molecular weight excluding hydrogens is 220 g/mol. The van der Waals surface area contributed by atoms with Crippen molar-refractivity contribution in [2.75, 3.05) is 0 Å². The molecule has 3 heteroatoms. The molecule has 82 valence electrons. The third-order valence-corrected chi connectivity index (χ3v) is 3.11. The Hall–Kier alpha value is -1.61. The molecule has 0 N–H and O–H groups in total. The number of thiophene rings is 1. The fourth-order valence-corrected chi connectivity index (χ4v) is 2.10. The summed E-state index contributed by atoms with van der Waals surface area (Å²) < 4.78 is 5.70. The highest BCUT2D eigenvalue weighted by atomic mass is 32.1. The fourth-order valence-electron chi connectivity index (χ4n) is 1.49. The Morgan fingerprint density at radius 3 is 2.69 bits per heavy atom. The van der Waals surface area contributed by atoms with Gasteiger partial charge in [-0.1, -0.05) is 17.7 Å². The van der Waals surface area contributed by atoms with Crippen LogP contribution in [0.3, 0.4) is 0 Å². The largest absolute Gasteiger partial charge is 0.456 e. The second-order valence-electron chi connectivity index (χ2n) is 3.67. The van der Waals surface area contributed by atoms with Crippen LogP contribution in [0.4, 0.5) is 0 Å². The number of carbonyl (C=O) groups excluding carboxylic acids is 1.